The minimum Gasteiger partial charge on any atom is -0.496 e. The fourth-order valence-electron chi connectivity index (χ4n) is 2.05. The van der Waals surface area contributed by atoms with Crippen molar-refractivity contribution in [1.29, 1.82) is 0 Å². The molecular formula is C16H11Br3Cl2O2. The van der Waals surface area contributed by atoms with Gasteiger partial charge in [0, 0.05) is 20.6 Å². The number of carbonyl (C=O) groups is 1. The molecule has 0 spiro atoms. The molecule has 2 atom stereocenters. The fraction of sp³-hybridized carbons (Fsp3) is 0.188. The van der Waals surface area contributed by atoms with E-state index in [-0.39, 0.29) is 10.6 Å². The average molecular weight is 546 g/mol. The van der Waals surface area contributed by atoms with Crippen LogP contribution in [0.2, 0.25) is 10.0 Å². The number of ketones is 1. The summed E-state index contributed by atoms with van der Waals surface area (Å²) in [5, 5.41) is 0.814. The Balaban J connectivity index is 2.34. The van der Waals surface area contributed by atoms with Gasteiger partial charge in [0.25, 0.3) is 0 Å². The highest BCUT2D eigenvalue weighted by Crippen LogP contribution is 2.40. The topological polar surface area (TPSA) is 26.3 Å². The first-order chi connectivity index (χ1) is 10.8. The number of carbonyl (C=O) groups excluding carboxylic acids is 1. The molecule has 0 aromatic heterocycles. The van der Waals surface area contributed by atoms with Gasteiger partial charge in [-0.15, -0.1) is 0 Å². The second-order valence-corrected chi connectivity index (χ2v) is 8.41. The molecule has 0 aliphatic rings. The molecule has 0 saturated carbocycles. The quantitative estimate of drug-likeness (QED) is 0.303. The number of hydrogen-bond acceptors (Lipinski definition) is 2. The van der Waals surface area contributed by atoms with E-state index in [1.165, 1.54) is 0 Å². The van der Waals surface area contributed by atoms with Gasteiger partial charge in [-0.05, 0) is 36.4 Å². The summed E-state index contributed by atoms with van der Waals surface area (Å²) in [5.74, 6) is 0.546. The highest BCUT2D eigenvalue weighted by Gasteiger charge is 2.29. The Morgan fingerprint density at radius 1 is 1.13 bits per heavy atom. The molecule has 0 amide bonds. The fourth-order valence-corrected chi connectivity index (χ4v) is 4.06. The third-order valence-electron chi connectivity index (χ3n) is 3.19. The van der Waals surface area contributed by atoms with Gasteiger partial charge >= 0.3 is 0 Å². The molecule has 0 aliphatic heterocycles. The summed E-state index contributed by atoms with van der Waals surface area (Å²) in [6.45, 7) is 0. The van der Waals surface area contributed by atoms with Gasteiger partial charge in [0.2, 0.25) is 0 Å². The second-order valence-electron chi connectivity index (χ2n) is 4.68. The third kappa shape index (κ3) is 4.51. The number of alkyl halides is 2. The molecular weight excluding hydrogens is 535 g/mol. The van der Waals surface area contributed by atoms with Crippen molar-refractivity contribution in [2.45, 2.75) is 9.65 Å². The number of benzene rings is 2. The maximum atomic E-state index is 12.7. The molecule has 0 N–H and O–H groups in total. The van der Waals surface area contributed by atoms with Crippen LogP contribution in [0.15, 0.2) is 40.9 Å². The molecule has 0 aliphatic carbocycles. The van der Waals surface area contributed by atoms with Crippen LogP contribution in [0.5, 0.6) is 5.75 Å². The zero-order valence-electron chi connectivity index (χ0n) is 11.8. The van der Waals surface area contributed by atoms with Crippen LogP contribution in [-0.2, 0) is 0 Å². The first-order valence-electron chi connectivity index (χ1n) is 6.46. The predicted molar refractivity (Wildman–Crippen MR) is 106 cm³/mol. The number of Topliss-reactive ketones (excluding diaryl/α,β-unsaturated/α-hetero) is 1. The molecule has 0 radical (unpaired) electrons. The first-order valence-corrected chi connectivity index (χ1v) is 9.84. The lowest BCUT2D eigenvalue weighted by Gasteiger charge is -2.19. The summed E-state index contributed by atoms with van der Waals surface area (Å²) < 4.78 is 6.27. The van der Waals surface area contributed by atoms with Crippen LogP contribution in [0, 0.1) is 0 Å². The van der Waals surface area contributed by atoms with Gasteiger partial charge in [0.05, 0.1) is 21.8 Å². The third-order valence-corrected chi connectivity index (χ3v) is 6.91. The van der Waals surface area contributed by atoms with Crippen molar-refractivity contribution in [3.63, 3.8) is 0 Å². The van der Waals surface area contributed by atoms with E-state index in [1.807, 2.05) is 18.2 Å². The minimum atomic E-state index is -0.524. The van der Waals surface area contributed by atoms with Gasteiger partial charge in [-0.25, -0.2) is 0 Å². The van der Waals surface area contributed by atoms with Crippen molar-refractivity contribution >= 4 is 76.8 Å². The number of hydrogen-bond donors (Lipinski definition) is 0. The van der Waals surface area contributed by atoms with Gasteiger partial charge in [-0.2, -0.15) is 0 Å². The Morgan fingerprint density at radius 2 is 1.83 bits per heavy atom. The van der Waals surface area contributed by atoms with Crippen molar-refractivity contribution in [1.82, 2.24) is 0 Å². The SMILES string of the molecule is COc1ccc(Br)cc1[C@@H](Br)[C@@H](Br)C(=O)c1ccc(Cl)cc1Cl. The molecule has 0 bridgehead atoms. The van der Waals surface area contributed by atoms with E-state index in [0.29, 0.717) is 21.4 Å². The van der Waals surface area contributed by atoms with Crippen LogP contribution in [0.1, 0.15) is 20.7 Å². The van der Waals surface area contributed by atoms with Crippen molar-refractivity contribution in [3.8, 4) is 5.75 Å². The normalized spacial score (nSPS) is 13.5. The summed E-state index contributed by atoms with van der Waals surface area (Å²) in [6.07, 6.45) is 0. The van der Waals surface area contributed by atoms with Gasteiger partial charge in [0.15, 0.2) is 5.78 Å². The molecule has 0 saturated heterocycles. The maximum Gasteiger partial charge on any atom is 0.179 e. The highest BCUT2D eigenvalue weighted by molar-refractivity contribution is 9.12. The lowest BCUT2D eigenvalue weighted by molar-refractivity contribution is 0.0991. The minimum absolute atomic E-state index is 0.143. The molecule has 122 valence electrons. The van der Waals surface area contributed by atoms with E-state index in [2.05, 4.69) is 47.8 Å². The molecule has 2 rings (SSSR count). The Bertz CT molecular complexity index is 737. The van der Waals surface area contributed by atoms with E-state index < -0.39 is 4.83 Å². The van der Waals surface area contributed by atoms with Gasteiger partial charge < -0.3 is 4.74 Å². The van der Waals surface area contributed by atoms with Crippen LogP contribution in [0.25, 0.3) is 0 Å². The molecule has 2 aromatic carbocycles. The number of rotatable bonds is 5. The van der Waals surface area contributed by atoms with E-state index in [0.717, 1.165) is 10.0 Å². The Hall–Kier alpha value is -0.0700. The smallest absolute Gasteiger partial charge is 0.179 e. The first kappa shape index (κ1) is 19.3. The van der Waals surface area contributed by atoms with Crippen LogP contribution in [-0.4, -0.2) is 17.7 Å². The predicted octanol–water partition coefficient (Wildman–Crippen LogP) is 6.85. The zero-order chi connectivity index (χ0) is 17.1. The van der Waals surface area contributed by atoms with Crippen LogP contribution >= 0.6 is 71.0 Å². The maximum absolute atomic E-state index is 12.7. The Kier molecular flexibility index (Phi) is 6.99. The van der Waals surface area contributed by atoms with E-state index >= 15 is 0 Å². The van der Waals surface area contributed by atoms with Gasteiger partial charge in [0.1, 0.15) is 5.75 Å². The molecule has 0 heterocycles. The number of methoxy groups -OCH3 is 1. The standard InChI is InChI=1S/C16H11Br3Cl2O2/c1-23-13-5-2-8(17)6-11(13)14(18)15(19)16(22)10-4-3-9(20)7-12(10)21/h2-7,14-15H,1H3/t14-,15-/m1/s1. The Labute approximate surface area is 169 Å². The summed E-state index contributed by atoms with van der Waals surface area (Å²) in [5.41, 5.74) is 1.26. The van der Waals surface area contributed by atoms with Gasteiger partial charge in [-0.3, -0.25) is 4.79 Å². The van der Waals surface area contributed by atoms with Crippen molar-refractivity contribution in [3.05, 3.63) is 62.0 Å². The molecule has 0 unspecified atom stereocenters. The molecule has 0 fully saturated rings. The summed E-state index contributed by atoms with van der Waals surface area (Å²) in [6, 6.07) is 10.4. The van der Waals surface area contributed by atoms with Gasteiger partial charge in [-0.1, -0.05) is 71.0 Å². The van der Waals surface area contributed by atoms with Crippen LogP contribution < -0.4 is 4.74 Å². The van der Waals surface area contributed by atoms with Crippen LogP contribution in [0.3, 0.4) is 0 Å². The van der Waals surface area contributed by atoms with E-state index in [1.54, 1.807) is 25.3 Å². The van der Waals surface area contributed by atoms with Crippen LogP contribution in [0.4, 0.5) is 0 Å². The average Bonchev–Trinajstić information content (AvgIpc) is 2.52. The highest BCUT2D eigenvalue weighted by atomic mass is 79.9. The summed E-state index contributed by atoms with van der Waals surface area (Å²) in [4.78, 5) is 11.9. The largest absolute Gasteiger partial charge is 0.496 e. The summed E-state index contributed by atoms with van der Waals surface area (Å²) in [7, 11) is 1.59. The molecule has 2 aromatic rings. The molecule has 2 nitrogen and oxygen atoms in total. The monoisotopic (exact) mass is 542 g/mol. The Morgan fingerprint density at radius 3 is 2.43 bits per heavy atom. The van der Waals surface area contributed by atoms with E-state index in [4.69, 9.17) is 27.9 Å². The number of halogens is 5. The second kappa shape index (κ2) is 8.34. The lowest BCUT2D eigenvalue weighted by atomic mass is 10.0. The van der Waals surface area contributed by atoms with E-state index in [9.17, 15) is 4.79 Å². The van der Waals surface area contributed by atoms with Crippen molar-refractivity contribution in [2.24, 2.45) is 0 Å². The number of ether oxygens (including phenoxy) is 1. The van der Waals surface area contributed by atoms with Crippen molar-refractivity contribution in [2.75, 3.05) is 7.11 Å². The molecule has 23 heavy (non-hydrogen) atoms. The van der Waals surface area contributed by atoms with Crippen molar-refractivity contribution < 1.29 is 9.53 Å². The summed E-state index contributed by atoms with van der Waals surface area (Å²) >= 11 is 22.5. The zero-order valence-corrected chi connectivity index (χ0v) is 18.1. The lowest BCUT2D eigenvalue weighted by Crippen LogP contribution is -2.20. The molecule has 7 heteroatoms.